The molecule has 3 nitrogen and oxygen atoms in total. The number of rotatable bonds is 2. The minimum Gasteiger partial charge on any atom is -0.456 e. The summed E-state index contributed by atoms with van der Waals surface area (Å²) in [5.74, 6) is 0. The predicted molar refractivity (Wildman–Crippen MR) is 264 cm³/mol. The number of nitrogens with zero attached hydrogens (tertiary/aromatic N) is 2. The Morgan fingerprint density at radius 3 is 1.92 bits per heavy atom. The van der Waals surface area contributed by atoms with Crippen molar-refractivity contribution in [3.05, 3.63) is 222 Å². The van der Waals surface area contributed by atoms with Gasteiger partial charge in [0, 0.05) is 58.2 Å². The second-order valence-corrected chi connectivity index (χ2v) is 18.4. The van der Waals surface area contributed by atoms with Crippen LogP contribution in [0.2, 0.25) is 0 Å². The van der Waals surface area contributed by atoms with E-state index in [9.17, 15) is 0 Å². The summed E-state index contributed by atoms with van der Waals surface area (Å²) in [6.07, 6.45) is 0. The summed E-state index contributed by atoms with van der Waals surface area (Å²) < 4.78 is 33.4. The Morgan fingerprint density at radius 1 is 0.492 bits per heavy atom. The molecule has 2 aliphatic carbocycles. The van der Waals surface area contributed by atoms with Crippen LogP contribution in [0.1, 0.15) is 31.9 Å². The second-order valence-electron chi connectivity index (χ2n) is 17.3. The number of fused-ring (bicyclic) bond motifs is 19. The predicted octanol–water partition coefficient (Wildman–Crippen LogP) is 13.5. The Kier molecular flexibility index (Phi) is 5.99. The molecule has 15 rings (SSSR count). The van der Waals surface area contributed by atoms with Crippen molar-refractivity contribution in [3.63, 3.8) is 0 Å². The number of hydrogen-bond donors (Lipinski definition) is 0. The number of benzene rings is 9. The fourth-order valence-corrected chi connectivity index (χ4v) is 13.3. The lowest BCUT2D eigenvalue weighted by atomic mass is 9.36. The first-order valence-corrected chi connectivity index (χ1v) is 22.4. The standard InChI is InChI=1S/C58H35BN2OS/c1-34-26-28-36(29-27-34)60-49-22-11-10-21-48(49)59-55-50(60)23-13-24-51(55)61(35-14-3-2-4-15-35)56-43-31-41-38-17-6-9-20-45(38)58(47(41)33-54(43)63-57(56)59)44-19-8-5-16-37(44)40-30-42-39-18-7-12-25-52(39)62-53(42)32-46(40)58/h2-33H,1H3/i1D3. The Morgan fingerprint density at radius 2 is 1.13 bits per heavy atom. The van der Waals surface area contributed by atoms with Crippen LogP contribution >= 0.6 is 11.3 Å². The molecule has 0 N–H and O–H groups in total. The van der Waals surface area contributed by atoms with Gasteiger partial charge in [0.1, 0.15) is 11.2 Å². The lowest BCUT2D eigenvalue weighted by Gasteiger charge is -2.43. The third kappa shape index (κ3) is 4.21. The van der Waals surface area contributed by atoms with Crippen LogP contribution in [0.5, 0.6) is 0 Å². The SMILES string of the molecule is [2H]C([2H])([2H])c1ccc(N2c3ccccc3B3c4sc5cc6c(cc5c4N(c4ccccc4)c4cccc2c43)-c2ccccc2C62c3ccccc3-c3cc4c(cc32)oc2ccccc24)cc1. The zero-order valence-corrected chi connectivity index (χ0v) is 34.6. The Hall–Kier alpha value is -7.60. The van der Waals surface area contributed by atoms with E-state index in [-0.39, 0.29) is 6.71 Å². The molecule has 5 heteroatoms. The molecule has 292 valence electrons. The first-order valence-electron chi connectivity index (χ1n) is 23.1. The summed E-state index contributed by atoms with van der Waals surface area (Å²) in [5.41, 5.74) is 20.8. The summed E-state index contributed by atoms with van der Waals surface area (Å²) in [7, 11) is 0. The molecular formula is C58H35BN2OS. The van der Waals surface area contributed by atoms with E-state index in [2.05, 4.69) is 174 Å². The van der Waals surface area contributed by atoms with Gasteiger partial charge >= 0.3 is 0 Å². The van der Waals surface area contributed by atoms with Gasteiger partial charge in [-0.15, -0.1) is 11.3 Å². The van der Waals surface area contributed by atoms with E-state index in [0.717, 1.165) is 50.4 Å². The summed E-state index contributed by atoms with van der Waals surface area (Å²) in [5, 5.41) is 3.51. The van der Waals surface area contributed by atoms with E-state index >= 15 is 0 Å². The third-order valence-corrected chi connectivity index (χ3v) is 15.5. The number of anilines is 6. The van der Waals surface area contributed by atoms with Gasteiger partial charge in [0.2, 0.25) is 0 Å². The molecule has 1 spiro atoms. The zero-order chi connectivity index (χ0) is 43.6. The number of hydrogen-bond acceptors (Lipinski definition) is 4. The lowest BCUT2D eigenvalue weighted by molar-refractivity contribution is 0.666. The van der Waals surface area contributed by atoms with Crippen molar-refractivity contribution >= 4 is 99.9 Å². The molecule has 4 heterocycles. The number of aryl methyl sites for hydroxylation is 1. The number of furan rings is 1. The van der Waals surface area contributed by atoms with Gasteiger partial charge in [-0.25, -0.2) is 0 Å². The third-order valence-electron chi connectivity index (χ3n) is 14.3. The smallest absolute Gasteiger partial charge is 0.264 e. The first kappa shape index (κ1) is 31.3. The van der Waals surface area contributed by atoms with Crippen LogP contribution in [-0.2, 0) is 5.41 Å². The molecule has 0 radical (unpaired) electrons. The number of thiophene rings is 1. The Bertz CT molecular complexity index is 3910. The fourth-order valence-electron chi connectivity index (χ4n) is 11.9. The maximum absolute atomic E-state index is 8.08. The van der Waals surface area contributed by atoms with E-state index < -0.39 is 12.3 Å². The molecule has 0 fully saturated rings. The van der Waals surface area contributed by atoms with Crippen LogP contribution in [0.15, 0.2) is 199 Å². The summed E-state index contributed by atoms with van der Waals surface area (Å²) in [6, 6.07) is 69.9. The highest BCUT2D eigenvalue weighted by atomic mass is 32.1. The monoisotopic (exact) mass is 821 g/mol. The minimum absolute atomic E-state index is 0.0388. The molecule has 11 aromatic rings. The van der Waals surface area contributed by atoms with Gasteiger partial charge in [-0.1, -0.05) is 127 Å². The maximum atomic E-state index is 8.08. The molecule has 2 aliphatic heterocycles. The molecular weight excluding hydrogens is 784 g/mol. The van der Waals surface area contributed by atoms with Gasteiger partial charge in [0.25, 0.3) is 6.71 Å². The number of para-hydroxylation sites is 3. The van der Waals surface area contributed by atoms with Gasteiger partial charge in [0.05, 0.1) is 11.1 Å². The van der Waals surface area contributed by atoms with Crippen LogP contribution in [-0.4, -0.2) is 6.71 Å². The average molecular weight is 822 g/mol. The van der Waals surface area contributed by atoms with Gasteiger partial charge in [0.15, 0.2) is 0 Å². The van der Waals surface area contributed by atoms with E-state index in [4.69, 9.17) is 8.53 Å². The highest BCUT2D eigenvalue weighted by Gasteiger charge is 2.53. The van der Waals surface area contributed by atoms with Crippen LogP contribution in [0, 0.1) is 6.85 Å². The summed E-state index contributed by atoms with van der Waals surface area (Å²) >= 11 is 1.92. The van der Waals surface area contributed by atoms with Gasteiger partial charge in [-0.2, -0.15) is 0 Å². The summed E-state index contributed by atoms with van der Waals surface area (Å²) in [4.78, 5) is 4.81. The summed E-state index contributed by atoms with van der Waals surface area (Å²) in [6.45, 7) is -2.22. The molecule has 1 atom stereocenters. The van der Waals surface area contributed by atoms with E-state index in [1.165, 1.54) is 76.0 Å². The van der Waals surface area contributed by atoms with Crippen molar-refractivity contribution in [1.29, 1.82) is 0 Å². The largest absolute Gasteiger partial charge is 0.456 e. The van der Waals surface area contributed by atoms with E-state index in [0.29, 0.717) is 5.56 Å². The van der Waals surface area contributed by atoms with E-state index in [1.807, 2.05) is 29.5 Å². The molecule has 2 aromatic heterocycles. The van der Waals surface area contributed by atoms with Gasteiger partial charge < -0.3 is 14.2 Å². The molecule has 0 amide bonds. The fraction of sp³-hybridized carbons (Fsp3) is 0.0345. The molecule has 63 heavy (non-hydrogen) atoms. The normalized spacial score (nSPS) is 16.9. The average Bonchev–Trinajstić information content (AvgIpc) is 4.07. The topological polar surface area (TPSA) is 19.6 Å². The van der Waals surface area contributed by atoms with Crippen molar-refractivity contribution < 1.29 is 8.53 Å². The van der Waals surface area contributed by atoms with Crippen LogP contribution in [0.4, 0.5) is 34.1 Å². The highest BCUT2D eigenvalue weighted by Crippen LogP contribution is 2.64. The molecule has 0 bridgehead atoms. The minimum atomic E-state index is -2.18. The second kappa shape index (κ2) is 12.1. The molecule has 0 saturated heterocycles. The lowest BCUT2D eigenvalue weighted by Crippen LogP contribution is -2.60. The first-order chi connectivity index (χ1) is 32.4. The Labute approximate surface area is 373 Å². The molecule has 9 aromatic carbocycles. The zero-order valence-electron chi connectivity index (χ0n) is 36.8. The van der Waals surface area contributed by atoms with Gasteiger partial charge in [-0.05, 0) is 135 Å². The molecule has 1 unspecified atom stereocenters. The van der Waals surface area contributed by atoms with E-state index in [1.54, 1.807) is 12.1 Å². The quantitative estimate of drug-likeness (QED) is 0.162. The maximum Gasteiger partial charge on any atom is 0.264 e. The van der Waals surface area contributed by atoms with Crippen molar-refractivity contribution in [2.24, 2.45) is 0 Å². The van der Waals surface area contributed by atoms with Crippen molar-refractivity contribution in [2.45, 2.75) is 12.3 Å². The Balaban J connectivity index is 1.02. The van der Waals surface area contributed by atoms with Crippen LogP contribution in [0.3, 0.4) is 0 Å². The van der Waals surface area contributed by atoms with Crippen LogP contribution < -0.4 is 25.5 Å². The highest BCUT2D eigenvalue weighted by molar-refractivity contribution is 7.33. The van der Waals surface area contributed by atoms with Gasteiger partial charge in [-0.3, -0.25) is 0 Å². The van der Waals surface area contributed by atoms with Crippen molar-refractivity contribution in [2.75, 3.05) is 9.80 Å². The molecule has 4 aliphatic rings. The van der Waals surface area contributed by atoms with Crippen molar-refractivity contribution in [3.8, 4) is 22.3 Å². The molecule has 0 saturated carbocycles. The van der Waals surface area contributed by atoms with Crippen LogP contribution in [0.25, 0.3) is 54.3 Å². The van der Waals surface area contributed by atoms with Crippen molar-refractivity contribution in [1.82, 2.24) is 0 Å².